The van der Waals surface area contributed by atoms with Gasteiger partial charge in [0.1, 0.15) is 5.82 Å². The normalized spacial score (nSPS) is 24.0. The number of carbonyl (C=O) groups excluding carboxylic acids is 1. The Balaban J connectivity index is 1.58. The monoisotopic (exact) mass is 384 g/mol. The largest absolute Gasteiger partial charge is 0.336 e. The number of hydrogen-bond acceptors (Lipinski definition) is 4. The fraction of sp³-hybridized carbons (Fsp3) is 0.571. The van der Waals surface area contributed by atoms with Crippen LogP contribution in [0.5, 0.6) is 0 Å². The van der Waals surface area contributed by atoms with E-state index in [1.807, 2.05) is 25.1 Å². The molecule has 1 aromatic carbocycles. The van der Waals surface area contributed by atoms with Gasteiger partial charge in [0.25, 0.3) is 0 Å². The van der Waals surface area contributed by atoms with Crippen molar-refractivity contribution in [3.05, 3.63) is 36.2 Å². The number of rotatable bonds is 5. The number of hydrogen-bond donors (Lipinski definition) is 0. The summed E-state index contributed by atoms with van der Waals surface area (Å²) in [6.07, 6.45) is 5.75. The number of likely N-dealkylation sites (tertiary alicyclic amines) is 1. The average molecular weight is 385 g/mol. The Labute approximate surface area is 165 Å². The molecule has 2 aromatic rings. The van der Waals surface area contributed by atoms with Crippen LogP contribution in [0, 0.1) is 0 Å². The molecule has 1 saturated heterocycles. The van der Waals surface area contributed by atoms with Crippen LogP contribution < -0.4 is 0 Å². The smallest absolute Gasteiger partial charge is 0.236 e. The number of para-hydroxylation sites is 1. The molecule has 5 nitrogen and oxygen atoms in total. The lowest BCUT2D eigenvalue weighted by molar-refractivity contribution is -0.136. The van der Waals surface area contributed by atoms with E-state index in [1.54, 1.807) is 0 Å². The van der Waals surface area contributed by atoms with Gasteiger partial charge >= 0.3 is 0 Å². The van der Waals surface area contributed by atoms with Gasteiger partial charge < -0.3 is 4.90 Å². The highest BCUT2D eigenvalue weighted by atomic mass is 32.2. The van der Waals surface area contributed by atoms with Gasteiger partial charge in [0.15, 0.2) is 5.16 Å². The highest BCUT2D eigenvalue weighted by molar-refractivity contribution is 8.00. The second-order valence-electron chi connectivity index (χ2n) is 7.92. The van der Waals surface area contributed by atoms with Crippen LogP contribution in [0.2, 0.25) is 0 Å². The Morgan fingerprint density at radius 3 is 2.37 bits per heavy atom. The first-order valence-electron chi connectivity index (χ1n) is 10.1. The van der Waals surface area contributed by atoms with E-state index in [0.29, 0.717) is 18.0 Å². The van der Waals surface area contributed by atoms with Crippen LogP contribution in [-0.2, 0) is 4.79 Å². The van der Waals surface area contributed by atoms with Crippen LogP contribution in [0.25, 0.3) is 5.69 Å². The van der Waals surface area contributed by atoms with Gasteiger partial charge in [-0.05, 0) is 65.0 Å². The molecule has 2 fully saturated rings. The van der Waals surface area contributed by atoms with Crippen molar-refractivity contribution in [2.24, 2.45) is 0 Å². The third kappa shape index (κ3) is 3.77. The zero-order chi connectivity index (χ0) is 19.0. The zero-order valence-electron chi connectivity index (χ0n) is 16.3. The molecule has 0 unspecified atom stereocenters. The summed E-state index contributed by atoms with van der Waals surface area (Å²) in [4.78, 5) is 15.3. The number of aromatic nitrogens is 3. The van der Waals surface area contributed by atoms with Crippen molar-refractivity contribution < 1.29 is 4.79 Å². The highest BCUT2D eigenvalue weighted by Gasteiger charge is 2.35. The zero-order valence-corrected chi connectivity index (χ0v) is 17.2. The second-order valence-corrected chi connectivity index (χ2v) is 9.23. The molecule has 1 amide bonds. The van der Waals surface area contributed by atoms with E-state index in [4.69, 9.17) is 0 Å². The molecule has 27 heavy (non-hydrogen) atoms. The minimum absolute atomic E-state index is 0.174. The Bertz CT molecular complexity index is 792. The van der Waals surface area contributed by atoms with E-state index >= 15 is 0 Å². The lowest BCUT2D eigenvalue weighted by Gasteiger charge is -2.40. The van der Waals surface area contributed by atoms with Crippen molar-refractivity contribution >= 4 is 17.7 Å². The summed E-state index contributed by atoms with van der Waals surface area (Å²) in [5, 5.41) is 9.59. The lowest BCUT2D eigenvalue weighted by atomic mass is 9.97. The van der Waals surface area contributed by atoms with Gasteiger partial charge in [-0.1, -0.05) is 30.0 Å². The maximum Gasteiger partial charge on any atom is 0.236 e. The molecule has 0 radical (unpaired) electrons. The fourth-order valence-corrected chi connectivity index (χ4v) is 4.99. The van der Waals surface area contributed by atoms with E-state index in [9.17, 15) is 4.79 Å². The molecule has 1 aliphatic heterocycles. The summed E-state index contributed by atoms with van der Waals surface area (Å²) >= 11 is 1.54. The van der Waals surface area contributed by atoms with Gasteiger partial charge in [0, 0.05) is 23.7 Å². The predicted molar refractivity (Wildman–Crippen MR) is 108 cm³/mol. The quantitative estimate of drug-likeness (QED) is 0.716. The first kappa shape index (κ1) is 18.5. The second kappa shape index (κ2) is 7.66. The van der Waals surface area contributed by atoms with Gasteiger partial charge in [0.2, 0.25) is 5.91 Å². The third-order valence-corrected chi connectivity index (χ3v) is 6.72. The molecule has 3 atom stereocenters. The Morgan fingerprint density at radius 2 is 1.74 bits per heavy atom. The van der Waals surface area contributed by atoms with Crippen LogP contribution in [0.15, 0.2) is 35.5 Å². The van der Waals surface area contributed by atoms with E-state index in [2.05, 4.69) is 45.6 Å². The lowest BCUT2D eigenvalue weighted by Crippen LogP contribution is -2.50. The molecule has 6 heteroatoms. The van der Waals surface area contributed by atoms with E-state index in [0.717, 1.165) is 29.5 Å². The van der Waals surface area contributed by atoms with Crippen molar-refractivity contribution in [3.63, 3.8) is 0 Å². The minimum atomic E-state index is -0.174. The minimum Gasteiger partial charge on any atom is -0.336 e. The van der Waals surface area contributed by atoms with Gasteiger partial charge in [-0.2, -0.15) is 0 Å². The fourth-order valence-electron chi connectivity index (χ4n) is 4.06. The summed E-state index contributed by atoms with van der Waals surface area (Å²) in [5.74, 6) is 1.75. The van der Waals surface area contributed by atoms with Crippen LogP contribution in [0.4, 0.5) is 0 Å². The van der Waals surface area contributed by atoms with Crippen molar-refractivity contribution in [1.82, 2.24) is 19.7 Å². The summed E-state index contributed by atoms with van der Waals surface area (Å²) in [7, 11) is 0. The SMILES string of the molecule is C[C@H](Sc1nnc(C2CC2)n1-c1ccccc1)C(=O)N1[C@@H](C)CCC[C@@H]1C. The Hall–Kier alpha value is -1.82. The van der Waals surface area contributed by atoms with E-state index in [1.165, 1.54) is 31.0 Å². The number of benzene rings is 1. The summed E-state index contributed by atoms with van der Waals surface area (Å²) in [6, 6.07) is 10.9. The predicted octanol–water partition coefficient (Wildman–Crippen LogP) is 4.41. The molecular weight excluding hydrogens is 356 g/mol. The molecule has 4 rings (SSSR count). The maximum absolute atomic E-state index is 13.2. The first-order valence-corrected chi connectivity index (χ1v) is 10.9. The molecule has 1 aromatic heterocycles. The summed E-state index contributed by atoms with van der Waals surface area (Å²) in [5.41, 5.74) is 1.08. The van der Waals surface area contributed by atoms with Gasteiger partial charge in [-0.25, -0.2) is 0 Å². The summed E-state index contributed by atoms with van der Waals surface area (Å²) in [6.45, 7) is 6.34. The maximum atomic E-state index is 13.2. The van der Waals surface area contributed by atoms with Crippen LogP contribution >= 0.6 is 11.8 Å². The molecule has 1 saturated carbocycles. The average Bonchev–Trinajstić information content (AvgIpc) is 3.43. The summed E-state index contributed by atoms with van der Waals surface area (Å²) < 4.78 is 2.15. The molecule has 1 aliphatic carbocycles. The topological polar surface area (TPSA) is 51.0 Å². The molecule has 2 heterocycles. The van der Waals surface area contributed by atoms with E-state index < -0.39 is 0 Å². The molecule has 2 aliphatic rings. The first-order chi connectivity index (χ1) is 13.1. The Morgan fingerprint density at radius 1 is 1.07 bits per heavy atom. The van der Waals surface area contributed by atoms with Gasteiger partial charge in [0.05, 0.1) is 5.25 Å². The van der Waals surface area contributed by atoms with Gasteiger partial charge in [-0.15, -0.1) is 10.2 Å². The molecule has 0 bridgehead atoms. The number of thioether (sulfide) groups is 1. The molecular formula is C21H28N4OS. The molecule has 0 N–H and O–H groups in total. The Kier molecular flexibility index (Phi) is 5.26. The van der Waals surface area contributed by atoms with Gasteiger partial charge in [-0.3, -0.25) is 9.36 Å². The van der Waals surface area contributed by atoms with Crippen molar-refractivity contribution in [2.45, 2.75) is 81.3 Å². The van der Waals surface area contributed by atoms with Crippen molar-refractivity contribution in [2.75, 3.05) is 0 Å². The van der Waals surface area contributed by atoms with Crippen LogP contribution in [-0.4, -0.2) is 42.9 Å². The van der Waals surface area contributed by atoms with E-state index in [-0.39, 0.29) is 11.2 Å². The number of nitrogens with zero attached hydrogens (tertiary/aromatic N) is 4. The highest BCUT2D eigenvalue weighted by Crippen LogP contribution is 2.41. The van der Waals surface area contributed by atoms with Crippen LogP contribution in [0.1, 0.15) is 64.6 Å². The van der Waals surface area contributed by atoms with Crippen molar-refractivity contribution in [1.29, 1.82) is 0 Å². The van der Waals surface area contributed by atoms with Crippen molar-refractivity contribution in [3.8, 4) is 5.69 Å². The molecule has 0 spiro atoms. The third-order valence-electron chi connectivity index (χ3n) is 5.69. The molecule has 144 valence electrons. The van der Waals surface area contributed by atoms with Crippen LogP contribution in [0.3, 0.4) is 0 Å². The number of amides is 1. The number of piperidine rings is 1. The standard InChI is InChI=1S/C21H28N4OS/c1-14-8-7-9-15(2)24(14)20(26)16(3)27-21-23-22-19(17-12-13-17)25(21)18-10-5-4-6-11-18/h4-6,10-11,14-17H,7-9,12-13H2,1-3H3/t14-,15-,16-/m0/s1. The number of carbonyl (C=O) groups is 1.